The highest BCUT2D eigenvalue weighted by atomic mass is 35.5. The third-order valence-corrected chi connectivity index (χ3v) is 12.0. The van der Waals surface area contributed by atoms with Gasteiger partial charge in [0.1, 0.15) is 21.7 Å². The summed E-state index contributed by atoms with van der Waals surface area (Å²) in [7, 11) is -2.47. The summed E-state index contributed by atoms with van der Waals surface area (Å²) in [4.78, 5) is 9.02. The van der Waals surface area contributed by atoms with Crippen LogP contribution in [0.3, 0.4) is 0 Å². The zero-order chi connectivity index (χ0) is 26.2. The van der Waals surface area contributed by atoms with Crippen LogP contribution in [0, 0.1) is 4.64 Å². The van der Waals surface area contributed by atoms with Gasteiger partial charge in [0.15, 0.2) is 22.9 Å². The summed E-state index contributed by atoms with van der Waals surface area (Å²) in [6.07, 6.45) is 0. The van der Waals surface area contributed by atoms with E-state index in [1.54, 1.807) is 0 Å². The molecule has 0 atom stereocenters. The van der Waals surface area contributed by atoms with Crippen LogP contribution in [0.4, 0.5) is 0 Å². The van der Waals surface area contributed by atoms with Gasteiger partial charge in [-0.15, -0.1) is 12.4 Å². The van der Waals surface area contributed by atoms with Gasteiger partial charge < -0.3 is 4.98 Å². The maximum atomic E-state index is 6.30. The van der Waals surface area contributed by atoms with E-state index in [0.717, 1.165) is 33.4 Å². The Bertz CT molecular complexity index is 1880. The first-order valence-corrected chi connectivity index (χ1v) is 15.1. The standard InChI is InChI=1S/C34H24N3PS.ClH/c39-34-31(33-35-29-23-13-14-24-30(29)37(33)32(36-34)25-15-5-1-6-16-25)38(26-17-7-2-8-18-26,27-19-9-3-10-20-27)28-21-11-4-12-22-28;/h1-24H;1H/p+1. The fourth-order valence-electron chi connectivity index (χ4n) is 5.64. The minimum atomic E-state index is -2.47. The summed E-state index contributed by atoms with van der Waals surface area (Å²) in [5.41, 5.74) is 4.13. The molecule has 0 unspecified atom stereocenters. The first kappa shape index (κ1) is 26.2. The second-order valence-corrected chi connectivity index (χ2v) is 13.2. The smallest absolute Gasteiger partial charge is 0.187 e. The third-order valence-electron chi connectivity index (χ3n) is 7.27. The molecule has 0 aliphatic rings. The van der Waals surface area contributed by atoms with Crippen LogP contribution in [0.25, 0.3) is 28.1 Å². The molecule has 2 aromatic heterocycles. The SMILES string of the molecule is Cl.S=c1nc(-c2ccccc2)n2c([nH]c3ccccc32)c1[P+](c1ccccc1)(c1ccccc1)c1ccccc1. The Morgan fingerprint density at radius 2 is 1.02 bits per heavy atom. The molecule has 3 nitrogen and oxygen atoms in total. The van der Waals surface area contributed by atoms with Crippen molar-refractivity contribution < 1.29 is 0 Å². The highest BCUT2D eigenvalue weighted by molar-refractivity contribution is 8.02. The Labute approximate surface area is 244 Å². The lowest BCUT2D eigenvalue weighted by Crippen LogP contribution is -2.40. The molecule has 7 rings (SSSR count). The molecular formula is C34H26ClN3PS+. The van der Waals surface area contributed by atoms with Crippen molar-refractivity contribution in [2.45, 2.75) is 0 Å². The molecule has 40 heavy (non-hydrogen) atoms. The molecule has 0 bridgehead atoms. The molecule has 1 N–H and O–H groups in total. The fraction of sp³-hybridized carbons (Fsp3) is 0. The van der Waals surface area contributed by atoms with Crippen LogP contribution in [-0.4, -0.2) is 14.4 Å². The topological polar surface area (TPSA) is 33.1 Å². The summed E-state index contributed by atoms with van der Waals surface area (Å²) in [5.74, 6) is 0.837. The molecule has 0 aliphatic carbocycles. The number of imidazole rings is 1. The lowest BCUT2D eigenvalue weighted by molar-refractivity contribution is 1.13. The Morgan fingerprint density at radius 3 is 1.55 bits per heavy atom. The van der Waals surface area contributed by atoms with Crippen molar-refractivity contribution in [1.29, 1.82) is 0 Å². The number of halogens is 1. The molecule has 5 aromatic carbocycles. The van der Waals surface area contributed by atoms with E-state index in [2.05, 4.69) is 137 Å². The number of aromatic nitrogens is 3. The molecule has 2 heterocycles. The minimum absolute atomic E-state index is 0. The maximum Gasteiger partial charge on any atom is 0.187 e. The van der Waals surface area contributed by atoms with Gasteiger partial charge in [0.25, 0.3) is 0 Å². The fourth-order valence-corrected chi connectivity index (χ4v) is 10.6. The number of aromatic amines is 1. The van der Waals surface area contributed by atoms with E-state index >= 15 is 0 Å². The molecule has 0 saturated heterocycles. The highest BCUT2D eigenvalue weighted by Gasteiger charge is 2.51. The second-order valence-electron chi connectivity index (χ2n) is 9.46. The number of para-hydroxylation sites is 2. The number of fused-ring (bicyclic) bond motifs is 3. The van der Waals surface area contributed by atoms with Gasteiger partial charge >= 0.3 is 0 Å². The van der Waals surface area contributed by atoms with Gasteiger partial charge in [-0.05, 0) is 48.5 Å². The second kappa shape index (κ2) is 10.8. The molecule has 194 valence electrons. The Kier molecular flexibility index (Phi) is 7.08. The van der Waals surface area contributed by atoms with Crippen LogP contribution in [0.15, 0.2) is 146 Å². The lowest BCUT2D eigenvalue weighted by atomic mass is 10.2. The van der Waals surface area contributed by atoms with Crippen molar-refractivity contribution in [2.24, 2.45) is 0 Å². The average molecular weight is 575 g/mol. The Morgan fingerprint density at radius 1 is 0.575 bits per heavy atom. The normalized spacial score (nSPS) is 11.4. The number of nitrogens with one attached hydrogen (secondary N) is 1. The first-order chi connectivity index (χ1) is 19.3. The predicted molar refractivity (Wildman–Crippen MR) is 175 cm³/mol. The summed E-state index contributed by atoms with van der Waals surface area (Å²) < 4.78 is 2.88. The van der Waals surface area contributed by atoms with Gasteiger partial charge in [-0.2, -0.15) is 0 Å². The molecule has 0 fully saturated rings. The van der Waals surface area contributed by atoms with Gasteiger partial charge in [0.2, 0.25) is 0 Å². The quantitative estimate of drug-likeness (QED) is 0.173. The van der Waals surface area contributed by atoms with E-state index in [-0.39, 0.29) is 12.4 Å². The zero-order valence-electron chi connectivity index (χ0n) is 21.5. The van der Waals surface area contributed by atoms with E-state index in [4.69, 9.17) is 17.2 Å². The van der Waals surface area contributed by atoms with Crippen molar-refractivity contribution in [3.63, 3.8) is 0 Å². The van der Waals surface area contributed by atoms with E-state index < -0.39 is 7.26 Å². The Hall–Kier alpha value is -4.08. The molecule has 0 amide bonds. The van der Waals surface area contributed by atoms with Crippen LogP contribution in [0.1, 0.15) is 0 Å². The molecule has 0 spiro atoms. The molecular weight excluding hydrogens is 549 g/mol. The number of hydrogen-bond acceptors (Lipinski definition) is 2. The van der Waals surface area contributed by atoms with Gasteiger partial charge in [-0.3, -0.25) is 4.40 Å². The number of rotatable bonds is 5. The molecule has 0 aliphatic heterocycles. The summed E-state index contributed by atoms with van der Waals surface area (Å²) in [6.45, 7) is 0. The van der Waals surface area contributed by atoms with Gasteiger partial charge in [0.05, 0.1) is 11.0 Å². The van der Waals surface area contributed by atoms with Crippen LogP contribution in [0.5, 0.6) is 0 Å². The summed E-state index contributed by atoms with van der Waals surface area (Å²) >= 11 is 6.30. The van der Waals surface area contributed by atoms with E-state index in [9.17, 15) is 0 Å². The van der Waals surface area contributed by atoms with Crippen molar-refractivity contribution in [2.75, 3.05) is 0 Å². The van der Waals surface area contributed by atoms with Crippen LogP contribution < -0.4 is 21.2 Å². The number of hydrogen-bond donors (Lipinski definition) is 1. The zero-order valence-corrected chi connectivity index (χ0v) is 24.0. The molecule has 7 aromatic rings. The van der Waals surface area contributed by atoms with Crippen molar-refractivity contribution >= 4 is 69.8 Å². The average Bonchev–Trinajstić information content (AvgIpc) is 3.40. The van der Waals surface area contributed by atoms with Crippen LogP contribution in [0.2, 0.25) is 0 Å². The monoisotopic (exact) mass is 574 g/mol. The molecule has 0 saturated carbocycles. The van der Waals surface area contributed by atoms with Crippen LogP contribution >= 0.6 is 31.9 Å². The van der Waals surface area contributed by atoms with Crippen molar-refractivity contribution in [1.82, 2.24) is 14.4 Å². The molecule has 6 heteroatoms. The molecule has 0 radical (unpaired) electrons. The lowest BCUT2D eigenvalue weighted by Gasteiger charge is -2.28. The minimum Gasteiger partial charge on any atom is -0.336 e. The van der Waals surface area contributed by atoms with Gasteiger partial charge in [0, 0.05) is 5.56 Å². The number of benzene rings is 5. The summed E-state index contributed by atoms with van der Waals surface area (Å²) in [5, 5.41) is 4.78. The third kappa shape index (κ3) is 4.08. The van der Waals surface area contributed by atoms with E-state index in [0.29, 0.717) is 4.64 Å². The highest BCUT2D eigenvalue weighted by Crippen LogP contribution is 2.55. The summed E-state index contributed by atoms with van der Waals surface area (Å²) in [6, 6.07) is 51.2. The van der Waals surface area contributed by atoms with Gasteiger partial charge in [-0.1, -0.05) is 109 Å². The first-order valence-electron chi connectivity index (χ1n) is 12.9. The van der Waals surface area contributed by atoms with Gasteiger partial charge in [-0.25, -0.2) is 4.98 Å². The number of nitrogens with zero attached hydrogens (tertiary/aromatic N) is 2. The van der Waals surface area contributed by atoms with E-state index in [1.807, 2.05) is 18.2 Å². The van der Waals surface area contributed by atoms with E-state index in [1.165, 1.54) is 15.9 Å². The number of H-pyrrole nitrogens is 1. The predicted octanol–water partition coefficient (Wildman–Crippen LogP) is 7.25. The van der Waals surface area contributed by atoms with Crippen LogP contribution in [-0.2, 0) is 0 Å². The maximum absolute atomic E-state index is 6.30. The van der Waals surface area contributed by atoms with Crippen molar-refractivity contribution in [3.8, 4) is 11.4 Å². The Balaban J connectivity index is 0.00000289. The van der Waals surface area contributed by atoms with Crippen molar-refractivity contribution in [3.05, 3.63) is 150 Å². The largest absolute Gasteiger partial charge is 0.336 e.